The van der Waals surface area contributed by atoms with Crippen molar-refractivity contribution >= 4 is 64.2 Å². The average Bonchev–Trinajstić information content (AvgIpc) is 3.49. The summed E-state index contributed by atoms with van der Waals surface area (Å²) in [6, 6.07) is 21.7. The molecule has 2 saturated heterocycles. The lowest BCUT2D eigenvalue weighted by Gasteiger charge is -2.50. The summed E-state index contributed by atoms with van der Waals surface area (Å²) in [5.74, 6) is -10.2. The van der Waals surface area contributed by atoms with Gasteiger partial charge in [-0.1, -0.05) is 48.0 Å². The molecule has 4 aliphatic rings. The summed E-state index contributed by atoms with van der Waals surface area (Å²) in [7, 11) is 0. The number of fused-ring (bicyclic) bond motifs is 4. The second-order valence-electron chi connectivity index (χ2n) is 13.8. The van der Waals surface area contributed by atoms with E-state index in [2.05, 4.69) is 0 Å². The highest BCUT2D eigenvalue weighted by Crippen LogP contribution is 2.66. The Bertz CT molecular complexity index is 2320. The first kappa shape index (κ1) is 35.3. The standard InChI is InChI=1S/C40H29Cl2FN2O9/c41-39-18-29-25(14-15-28-32(29)35(49)44(34(28)48)23-10-12-27(36(50)51)30(46)16-23)33(26-13-11-24(17-31(26)47)54-19-20-4-2-1-3-5-20)40(39,42)38(53)45(37(39)52)22-8-6-21(43)7-9-22/h1-14,16-17,28-29,32-33,46-47H,15,18-19H2,(H,50,51)/t28-,29+,32-,33+,39+,40-/m0/s1. The second-order valence-corrected chi connectivity index (χ2v) is 15.0. The Morgan fingerprint density at radius 3 is 2.19 bits per heavy atom. The number of anilines is 2. The third kappa shape index (κ3) is 5.11. The number of carbonyl (C=O) groups is 5. The number of carboxylic acid groups (broad SMARTS) is 1. The fourth-order valence-electron chi connectivity index (χ4n) is 8.44. The number of aromatic carboxylic acids is 1. The van der Waals surface area contributed by atoms with Crippen LogP contribution in [-0.2, 0) is 25.8 Å². The third-order valence-electron chi connectivity index (χ3n) is 10.9. The molecule has 6 atom stereocenters. The summed E-state index contributed by atoms with van der Waals surface area (Å²) in [5.41, 5.74) is 0.917. The van der Waals surface area contributed by atoms with Gasteiger partial charge in [0.1, 0.15) is 35.2 Å². The van der Waals surface area contributed by atoms with E-state index in [-0.39, 0.29) is 47.9 Å². The number of allylic oxidation sites excluding steroid dienone is 2. The van der Waals surface area contributed by atoms with Crippen LogP contribution in [-0.4, -0.2) is 54.7 Å². The maximum Gasteiger partial charge on any atom is 0.339 e. The fourth-order valence-corrected chi connectivity index (χ4v) is 9.36. The molecule has 0 radical (unpaired) electrons. The minimum Gasteiger partial charge on any atom is -0.508 e. The number of aromatic hydroxyl groups is 2. The van der Waals surface area contributed by atoms with E-state index in [4.69, 9.17) is 27.9 Å². The minimum atomic E-state index is -2.27. The van der Waals surface area contributed by atoms with Crippen LogP contribution < -0.4 is 14.5 Å². The molecule has 2 aliphatic carbocycles. The molecule has 4 aromatic rings. The highest BCUT2D eigenvalue weighted by Gasteiger charge is 2.77. The molecule has 4 amide bonds. The number of hydrogen-bond acceptors (Lipinski definition) is 8. The van der Waals surface area contributed by atoms with E-state index in [1.54, 1.807) is 12.1 Å². The van der Waals surface area contributed by atoms with Gasteiger partial charge < -0.3 is 20.1 Å². The lowest BCUT2D eigenvalue weighted by molar-refractivity contribution is -0.125. The Hall–Kier alpha value is -5.72. The van der Waals surface area contributed by atoms with E-state index >= 15 is 0 Å². The summed E-state index contributed by atoms with van der Waals surface area (Å²) >= 11 is 14.8. The molecule has 11 nitrogen and oxygen atoms in total. The molecular formula is C40H29Cl2FN2O9. The molecular weight excluding hydrogens is 742 g/mol. The number of phenols is 2. The quantitative estimate of drug-likeness (QED) is 0.112. The number of phenolic OH excluding ortho intramolecular Hbond substituents is 1. The van der Waals surface area contributed by atoms with Gasteiger partial charge in [0.15, 0.2) is 9.75 Å². The monoisotopic (exact) mass is 770 g/mol. The smallest absolute Gasteiger partial charge is 0.339 e. The molecule has 0 spiro atoms. The predicted octanol–water partition coefficient (Wildman–Crippen LogP) is 6.28. The van der Waals surface area contributed by atoms with Crippen molar-refractivity contribution in [3.05, 3.63) is 125 Å². The molecule has 2 heterocycles. The van der Waals surface area contributed by atoms with Crippen LogP contribution in [0.2, 0.25) is 0 Å². The Balaban J connectivity index is 1.23. The lowest BCUT2D eigenvalue weighted by atomic mass is 9.56. The Labute approximate surface area is 316 Å². The van der Waals surface area contributed by atoms with Gasteiger partial charge in [-0.05, 0) is 66.8 Å². The van der Waals surface area contributed by atoms with Gasteiger partial charge in [0.25, 0.3) is 11.8 Å². The van der Waals surface area contributed by atoms with Gasteiger partial charge in [0, 0.05) is 23.6 Å². The number of alkyl halides is 2. The van der Waals surface area contributed by atoms with Crippen molar-refractivity contribution in [3.8, 4) is 17.2 Å². The molecule has 8 rings (SSSR count). The van der Waals surface area contributed by atoms with Crippen molar-refractivity contribution in [1.29, 1.82) is 0 Å². The van der Waals surface area contributed by atoms with Crippen LogP contribution in [0.3, 0.4) is 0 Å². The molecule has 3 N–H and O–H groups in total. The maximum atomic E-state index is 14.6. The van der Waals surface area contributed by atoms with E-state index in [1.807, 2.05) is 30.3 Å². The zero-order valence-electron chi connectivity index (χ0n) is 28.0. The number of halogens is 3. The van der Waals surface area contributed by atoms with E-state index in [0.29, 0.717) is 5.57 Å². The van der Waals surface area contributed by atoms with E-state index in [0.717, 1.165) is 39.6 Å². The highest BCUT2D eigenvalue weighted by molar-refractivity contribution is 6.58. The molecule has 274 valence electrons. The number of benzene rings is 4. The summed E-state index contributed by atoms with van der Waals surface area (Å²) in [6.45, 7) is 0.187. The Morgan fingerprint density at radius 1 is 0.815 bits per heavy atom. The van der Waals surface area contributed by atoms with Crippen molar-refractivity contribution < 1.29 is 48.4 Å². The minimum absolute atomic E-state index is 0.00576. The van der Waals surface area contributed by atoms with Gasteiger partial charge in [-0.2, -0.15) is 0 Å². The first-order chi connectivity index (χ1) is 25.8. The average molecular weight is 772 g/mol. The zero-order valence-corrected chi connectivity index (χ0v) is 29.5. The SMILES string of the molecule is O=C(O)c1ccc(N2C(=O)[C@H]3[C@H](CC=C4[C@H]3C[C@@]3(Cl)C(=O)N(c5ccc(F)cc5)C(=O)[C@@]3(Cl)[C@H]4c3ccc(OCc4ccccc4)cc3O)C2=O)cc1O. The van der Waals surface area contributed by atoms with Gasteiger partial charge in [-0.15, -0.1) is 23.2 Å². The fraction of sp³-hybridized carbons (Fsp3) is 0.225. The third-order valence-corrected chi connectivity index (χ3v) is 12.3. The molecule has 3 fully saturated rings. The molecule has 2 aliphatic heterocycles. The first-order valence-electron chi connectivity index (χ1n) is 16.9. The number of nitrogens with zero attached hydrogens (tertiary/aromatic N) is 2. The lowest BCUT2D eigenvalue weighted by Crippen LogP contribution is -2.60. The highest BCUT2D eigenvalue weighted by atomic mass is 35.5. The normalized spacial score (nSPS) is 27.4. The molecule has 0 unspecified atom stereocenters. The maximum absolute atomic E-state index is 14.6. The predicted molar refractivity (Wildman–Crippen MR) is 193 cm³/mol. The van der Waals surface area contributed by atoms with Crippen LogP contribution in [0.4, 0.5) is 15.8 Å². The van der Waals surface area contributed by atoms with Crippen molar-refractivity contribution in [2.45, 2.75) is 35.1 Å². The number of rotatable bonds is 7. The van der Waals surface area contributed by atoms with Gasteiger partial charge in [-0.3, -0.25) is 19.2 Å². The van der Waals surface area contributed by atoms with Crippen molar-refractivity contribution in [1.82, 2.24) is 0 Å². The number of ether oxygens (including phenoxy) is 1. The molecule has 14 heteroatoms. The molecule has 0 bridgehead atoms. The Morgan fingerprint density at radius 2 is 1.52 bits per heavy atom. The number of hydrogen-bond donors (Lipinski definition) is 3. The number of amides is 4. The number of imide groups is 2. The molecule has 1 saturated carbocycles. The van der Waals surface area contributed by atoms with Crippen LogP contribution >= 0.6 is 23.2 Å². The topological polar surface area (TPSA) is 162 Å². The summed E-state index contributed by atoms with van der Waals surface area (Å²) in [4.78, 5) is 66.0. The van der Waals surface area contributed by atoms with Gasteiger partial charge in [0.2, 0.25) is 11.8 Å². The zero-order chi connectivity index (χ0) is 38.3. The van der Waals surface area contributed by atoms with Crippen molar-refractivity contribution in [3.63, 3.8) is 0 Å². The van der Waals surface area contributed by atoms with E-state index < -0.39 is 80.1 Å². The Kier molecular flexibility index (Phi) is 8.31. The number of carbonyl (C=O) groups excluding carboxylic acids is 4. The van der Waals surface area contributed by atoms with Gasteiger partial charge in [0.05, 0.1) is 23.2 Å². The molecule has 54 heavy (non-hydrogen) atoms. The second kappa shape index (κ2) is 12.7. The van der Waals surface area contributed by atoms with Crippen LogP contribution in [0.25, 0.3) is 0 Å². The van der Waals surface area contributed by atoms with Crippen molar-refractivity contribution in [2.75, 3.05) is 9.80 Å². The largest absolute Gasteiger partial charge is 0.508 e. The van der Waals surface area contributed by atoms with E-state index in [9.17, 15) is 43.7 Å². The van der Waals surface area contributed by atoms with Crippen LogP contribution in [0.5, 0.6) is 17.2 Å². The first-order valence-corrected chi connectivity index (χ1v) is 17.7. The molecule has 4 aromatic carbocycles. The van der Waals surface area contributed by atoms with E-state index in [1.165, 1.54) is 30.3 Å². The van der Waals surface area contributed by atoms with Gasteiger partial charge >= 0.3 is 5.97 Å². The molecule has 0 aromatic heterocycles. The summed E-state index contributed by atoms with van der Waals surface area (Å²) in [6.07, 6.45) is 1.34. The van der Waals surface area contributed by atoms with Crippen molar-refractivity contribution in [2.24, 2.45) is 17.8 Å². The van der Waals surface area contributed by atoms with Crippen LogP contribution in [0, 0.1) is 23.6 Å². The summed E-state index contributed by atoms with van der Waals surface area (Å²) < 4.78 is 19.9. The van der Waals surface area contributed by atoms with Gasteiger partial charge in [-0.25, -0.2) is 19.0 Å². The number of carboxylic acids is 1. The van der Waals surface area contributed by atoms with Crippen LogP contribution in [0.15, 0.2) is 103 Å². The summed E-state index contributed by atoms with van der Waals surface area (Å²) in [5, 5.41) is 31.4. The van der Waals surface area contributed by atoms with Crippen LogP contribution in [0.1, 0.15) is 40.2 Å².